The van der Waals surface area contributed by atoms with Crippen LogP contribution in [0.1, 0.15) is 39.4 Å². The van der Waals surface area contributed by atoms with Crippen LogP contribution < -0.4 is 19.1 Å². The number of carbonyl (C=O) groups is 2. The van der Waals surface area contributed by atoms with Crippen molar-refractivity contribution in [1.82, 2.24) is 10.2 Å². The molecule has 272 valence electrons. The second kappa shape index (κ2) is 16.4. The van der Waals surface area contributed by atoms with Gasteiger partial charge in [0.25, 0.3) is 5.78 Å². The Morgan fingerprint density at radius 1 is 0.833 bits per heavy atom. The fourth-order valence-electron chi connectivity index (χ4n) is 5.96. The van der Waals surface area contributed by atoms with E-state index < -0.39 is 17.7 Å². The molecule has 1 unspecified atom stereocenters. The number of benzene rings is 5. The van der Waals surface area contributed by atoms with Gasteiger partial charge in [0.2, 0.25) is 5.13 Å². The molecule has 6 aromatic rings. The predicted octanol–water partition coefficient (Wildman–Crippen LogP) is 9.07. The summed E-state index contributed by atoms with van der Waals surface area (Å²) in [6, 6.07) is 34.7. The number of halogens is 1. The van der Waals surface area contributed by atoms with E-state index in [4.69, 9.17) is 14.2 Å². The topological polar surface area (TPSA) is 111 Å². The number of rotatable bonds is 13. The van der Waals surface area contributed by atoms with Crippen molar-refractivity contribution < 1.29 is 33.3 Å². The molecule has 1 aliphatic heterocycles. The maximum Gasteiger partial charge on any atom is 0.301 e. The number of nitrogens with zero attached hydrogens (tertiary/aromatic N) is 3. The largest absolute Gasteiger partial charge is 0.507 e. The molecule has 0 aliphatic carbocycles. The highest BCUT2D eigenvalue weighted by molar-refractivity contribution is 8.00. The minimum absolute atomic E-state index is 0.135. The Bertz CT molecular complexity index is 2330. The minimum Gasteiger partial charge on any atom is -0.507 e. The van der Waals surface area contributed by atoms with E-state index in [1.165, 1.54) is 29.8 Å². The molecule has 0 saturated carbocycles. The Morgan fingerprint density at radius 2 is 1.56 bits per heavy atom. The average Bonchev–Trinajstić information content (AvgIpc) is 3.77. The zero-order chi connectivity index (χ0) is 37.6. The second-order valence-electron chi connectivity index (χ2n) is 12.3. The van der Waals surface area contributed by atoms with Crippen molar-refractivity contribution in [3.8, 4) is 17.2 Å². The van der Waals surface area contributed by atoms with Gasteiger partial charge in [-0.1, -0.05) is 102 Å². The molecule has 1 atom stereocenters. The van der Waals surface area contributed by atoms with E-state index in [-0.39, 0.29) is 34.6 Å². The number of aromatic nitrogens is 2. The molecule has 0 bridgehead atoms. The smallest absolute Gasteiger partial charge is 0.301 e. The number of amides is 1. The van der Waals surface area contributed by atoms with Gasteiger partial charge in [0, 0.05) is 11.3 Å². The Labute approximate surface area is 319 Å². The number of ether oxygens (including phenoxy) is 3. The van der Waals surface area contributed by atoms with Crippen molar-refractivity contribution in [3.63, 3.8) is 0 Å². The van der Waals surface area contributed by atoms with Gasteiger partial charge in [-0.05, 0) is 77.2 Å². The molecule has 1 N–H and O–H groups in total. The minimum atomic E-state index is -1.10. The van der Waals surface area contributed by atoms with E-state index in [1.54, 1.807) is 60.7 Å². The third kappa shape index (κ3) is 7.85. The lowest BCUT2D eigenvalue weighted by Crippen LogP contribution is -2.29. The lowest BCUT2D eigenvalue weighted by Gasteiger charge is -2.23. The quantitative estimate of drug-likeness (QED) is 0.0405. The molecular formula is C42H34FN3O6S2. The molecule has 1 aliphatic rings. The van der Waals surface area contributed by atoms with E-state index in [2.05, 4.69) is 10.2 Å². The summed E-state index contributed by atoms with van der Waals surface area (Å²) >= 11 is 2.35. The summed E-state index contributed by atoms with van der Waals surface area (Å²) < 4.78 is 32.6. The zero-order valence-electron chi connectivity index (χ0n) is 29.3. The van der Waals surface area contributed by atoms with Crippen molar-refractivity contribution in [2.45, 2.75) is 36.3 Å². The van der Waals surface area contributed by atoms with Gasteiger partial charge in [-0.25, -0.2) is 4.39 Å². The van der Waals surface area contributed by atoms with E-state index in [0.717, 1.165) is 28.0 Å². The van der Waals surface area contributed by atoms with Crippen LogP contribution in [0.5, 0.6) is 17.2 Å². The number of thioether (sulfide) groups is 1. The summed E-state index contributed by atoms with van der Waals surface area (Å²) in [6.45, 7) is 2.66. The molecule has 1 amide bonds. The number of anilines is 1. The second-order valence-corrected chi connectivity index (χ2v) is 14.5. The van der Waals surface area contributed by atoms with Crippen LogP contribution >= 0.6 is 23.1 Å². The van der Waals surface area contributed by atoms with Crippen LogP contribution in [0.2, 0.25) is 0 Å². The molecule has 12 heteroatoms. The standard InChI is InChI=1S/C42H34FN3O6S2/c1-26-10-6-7-13-30(26)24-51-32-19-16-28(17-20-32)38(47)36-37(29-18-21-34(35(22-29)50-2)52-23-27-11-4-3-5-12-27)46(40(49)39(36)48)41-44-45-42(54-41)53-25-31-14-8-9-15-33(31)43/h3-22,37,47H,23-25H2,1-2H3. The summed E-state index contributed by atoms with van der Waals surface area (Å²) in [5.41, 5.74) is 4.25. The number of hydrogen-bond acceptors (Lipinski definition) is 10. The highest BCUT2D eigenvalue weighted by atomic mass is 32.2. The molecule has 1 aromatic heterocycles. The lowest BCUT2D eigenvalue weighted by atomic mass is 9.95. The highest BCUT2D eigenvalue weighted by Crippen LogP contribution is 2.46. The van der Waals surface area contributed by atoms with E-state index in [9.17, 15) is 19.1 Å². The normalized spacial score (nSPS) is 15.0. The predicted molar refractivity (Wildman–Crippen MR) is 206 cm³/mol. The molecule has 0 radical (unpaired) electrons. The maximum atomic E-state index is 14.3. The third-order valence-electron chi connectivity index (χ3n) is 8.88. The van der Waals surface area contributed by atoms with Crippen LogP contribution in [0, 0.1) is 12.7 Å². The van der Waals surface area contributed by atoms with E-state index >= 15 is 0 Å². The number of ketones is 1. The Balaban J connectivity index is 1.22. The number of methoxy groups -OCH3 is 1. The number of Topliss-reactive ketones (excluding diaryl/α,β-unsaturated/α-hetero) is 1. The zero-order valence-corrected chi connectivity index (χ0v) is 30.9. The van der Waals surface area contributed by atoms with Crippen molar-refractivity contribution in [3.05, 3.63) is 166 Å². The number of aliphatic hydroxyl groups is 1. The van der Waals surface area contributed by atoms with Crippen LogP contribution in [-0.2, 0) is 28.6 Å². The first kappa shape index (κ1) is 36.4. The van der Waals surface area contributed by atoms with Gasteiger partial charge in [0.15, 0.2) is 15.8 Å². The fraction of sp³-hybridized carbons (Fsp3) is 0.143. The van der Waals surface area contributed by atoms with Crippen LogP contribution in [-0.4, -0.2) is 34.1 Å². The van der Waals surface area contributed by atoms with Crippen LogP contribution in [0.25, 0.3) is 5.76 Å². The van der Waals surface area contributed by atoms with Gasteiger partial charge >= 0.3 is 5.91 Å². The van der Waals surface area contributed by atoms with Crippen molar-refractivity contribution in [2.24, 2.45) is 0 Å². The SMILES string of the molecule is COc1cc(C2C(=C(O)c3ccc(OCc4ccccc4C)cc3)C(=O)C(=O)N2c2nnc(SCc3ccccc3F)s2)ccc1OCc1ccccc1. The molecule has 5 aromatic carbocycles. The fourth-order valence-corrected chi connectivity index (χ4v) is 7.82. The summed E-state index contributed by atoms with van der Waals surface area (Å²) in [6.07, 6.45) is 0. The van der Waals surface area contributed by atoms with Crippen LogP contribution in [0.15, 0.2) is 131 Å². The molecule has 9 nitrogen and oxygen atoms in total. The van der Waals surface area contributed by atoms with Gasteiger partial charge in [0.1, 0.15) is 30.5 Å². The summed E-state index contributed by atoms with van der Waals surface area (Å²) in [4.78, 5) is 29.0. The summed E-state index contributed by atoms with van der Waals surface area (Å²) in [5, 5.41) is 20.4. The average molecular weight is 760 g/mol. The molecule has 2 heterocycles. The monoisotopic (exact) mass is 759 g/mol. The van der Waals surface area contributed by atoms with Crippen molar-refractivity contribution in [2.75, 3.05) is 12.0 Å². The van der Waals surface area contributed by atoms with Crippen LogP contribution in [0.3, 0.4) is 0 Å². The van der Waals surface area contributed by atoms with E-state index in [1.807, 2.05) is 61.5 Å². The molecular weight excluding hydrogens is 726 g/mol. The van der Waals surface area contributed by atoms with Crippen molar-refractivity contribution in [1.29, 1.82) is 0 Å². The van der Waals surface area contributed by atoms with Gasteiger partial charge in [-0.3, -0.25) is 14.5 Å². The lowest BCUT2D eigenvalue weighted by molar-refractivity contribution is -0.132. The Kier molecular flexibility index (Phi) is 11.0. The molecule has 7 rings (SSSR count). The number of aliphatic hydroxyl groups excluding tert-OH is 1. The Hall–Kier alpha value is -5.98. The number of carbonyl (C=O) groups excluding carboxylic acids is 2. The van der Waals surface area contributed by atoms with E-state index in [0.29, 0.717) is 44.9 Å². The third-order valence-corrected chi connectivity index (χ3v) is 11.0. The highest BCUT2D eigenvalue weighted by Gasteiger charge is 2.48. The van der Waals surface area contributed by atoms with Gasteiger partial charge in [-0.2, -0.15) is 0 Å². The van der Waals surface area contributed by atoms with Crippen molar-refractivity contribution >= 4 is 45.7 Å². The molecule has 54 heavy (non-hydrogen) atoms. The molecule has 1 saturated heterocycles. The first-order chi connectivity index (χ1) is 26.3. The van der Waals surface area contributed by atoms with Gasteiger partial charge in [-0.15, -0.1) is 10.2 Å². The maximum absolute atomic E-state index is 14.3. The summed E-state index contributed by atoms with van der Waals surface area (Å²) in [7, 11) is 1.50. The number of aryl methyl sites for hydroxylation is 1. The van der Waals surface area contributed by atoms with Gasteiger partial charge < -0.3 is 19.3 Å². The molecule has 1 fully saturated rings. The Morgan fingerprint density at radius 3 is 2.30 bits per heavy atom. The molecule has 0 spiro atoms. The van der Waals surface area contributed by atoms with Gasteiger partial charge in [0.05, 0.1) is 18.7 Å². The first-order valence-electron chi connectivity index (χ1n) is 16.9. The number of hydrogen-bond donors (Lipinski definition) is 1. The van der Waals surface area contributed by atoms with Crippen LogP contribution in [0.4, 0.5) is 9.52 Å². The first-order valence-corrected chi connectivity index (χ1v) is 18.7. The summed E-state index contributed by atoms with van der Waals surface area (Å²) in [5.74, 6) is -0.813.